The zero-order chi connectivity index (χ0) is 15.5. The Bertz CT molecular complexity index is 541. The summed E-state index contributed by atoms with van der Waals surface area (Å²) >= 11 is 0. The fraction of sp³-hybridized carbons (Fsp3) is 0. The highest BCUT2D eigenvalue weighted by molar-refractivity contribution is 6.23. The number of aliphatic carboxylic acids is 2. The molecule has 0 atom stereocenters. The van der Waals surface area contributed by atoms with Gasteiger partial charge in [0.25, 0.3) is 0 Å². The van der Waals surface area contributed by atoms with E-state index >= 15 is 0 Å². The number of allylic oxidation sites excluding steroid dienone is 1. The fourth-order valence-electron chi connectivity index (χ4n) is 1.06. The topological polar surface area (TPSA) is 91.7 Å². The summed E-state index contributed by atoms with van der Waals surface area (Å²) in [6.07, 6.45) is 2.90. The Kier molecular flexibility index (Phi) is 7.71. The Hall–Kier alpha value is -2.95. The van der Waals surface area contributed by atoms with Crippen LogP contribution in [0.25, 0.3) is 6.08 Å². The monoisotopic (exact) mass is 274 g/mol. The lowest BCUT2D eigenvalue weighted by Gasteiger charge is -1.92. The molecular weight excluding hydrogens is 260 g/mol. The molecule has 1 rings (SSSR count). The second-order valence-corrected chi connectivity index (χ2v) is 3.38. The van der Waals surface area contributed by atoms with Crippen molar-refractivity contribution in [3.8, 4) is 0 Å². The van der Waals surface area contributed by atoms with Gasteiger partial charge < -0.3 is 10.2 Å². The van der Waals surface area contributed by atoms with E-state index in [1.807, 2.05) is 36.4 Å². The minimum absolute atomic E-state index is 0.326. The molecule has 0 saturated heterocycles. The van der Waals surface area contributed by atoms with Crippen LogP contribution in [-0.2, 0) is 14.4 Å². The summed E-state index contributed by atoms with van der Waals surface area (Å²) in [5.74, 6) is -3.99. The number of carboxylic acid groups (broad SMARTS) is 2. The summed E-state index contributed by atoms with van der Waals surface area (Å²) in [4.78, 5) is 30.9. The normalized spacial score (nSPS) is 9.70. The molecule has 1 aromatic carbocycles. The van der Waals surface area contributed by atoms with Crippen molar-refractivity contribution in [3.63, 3.8) is 0 Å². The Morgan fingerprint density at radius 2 is 1.55 bits per heavy atom. The predicted molar refractivity (Wildman–Crippen MR) is 75.1 cm³/mol. The smallest absolute Gasteiger partial charge is 0.339 e. The molecule has 0 aliphatic carbocycles. The molecule has 0 spiro atoms. The zero-order valence-corrected chi connectivity index (χ0v) is 10.7. The van der Waals surface area contributed by atoms with Gasteiger partial charge in [-0.1, -0.05) is 49.6 Å². The van der Waals surface area contributed by atoms with Crippen molar-refractivity contribution < 1.29 is 24.6 Å². The van der Waals surface area contributed by atoms with Crippen molar-refractivity contribution in [2.24, 2.45) is 0 Å². The highest BCUT2D eigenvalue weighted by atomic mass is 16.4. The molecule has 104 valence electrons. The molecular formula is C15H14O5. The van der Waals surface area contributed by atoms with Gasteiger partial charge in [0.1, 0.15) is 5.57 Å². The molecule has 0 saturated carbocycles. The van der Waals surface area contributed by atoms with Crippen LogP contribution in [0.5, 0.6) is 0 Å². The van der Waals surface area contributed by atoms with Gasteiger partial charge >= 0.3 is 11.9 Å². The third-order valence-electron chi connectivity index (χ3n) is 1.98. The number of hydrogen-bond acceptors (Lipinski definition) is 3. The van der Waals surface area contributed by atoms with Crippen LogP contribution < -0.4 is 0 Å². The Labute approximate surface area is 116 Å². The van der Waals surface area contributed by atoms with Gasteiger partial charge in [-0.25, -0.2) is 9.59 Å². The summed E-state index contributed by atoms with van der Waals surface area (Å²) < 4.78 is 0. The van der Waals surface area contributed by atoms with Crippen molar-refractivity contribution >= 4 is 23.8 Å². The first-order valence-electron chi connectivity index (χ1n) is 5.44. The molecule has 2 N–H and O–H groups in total. The maximum atomic E-state index is 10.7. The number of ketones is 1. The van der Waals surface area contributed by atoms with E-state index < -0.39 is 23.3 Å². The number of carbonyl (C=O) groups is 3. The first-order valence-corrected chi connectivity index (χ1v) is 5.44. The summed E-state index contributed by atoms with van der Waals surface area (Å²) in [5, 5.41) is 16.5. The standard InChI is InChI=1S/C8H8.C7H6O5/c1-2-8-6-4-3-5-7-8;1-2-5(8)4(7(11)12)3-6(9)10/h2-7H,1H2;2-3H,1H2,(H,9,10)(H,11,12)/b;4-3-. The molecule has 0 amide bonds. The van der Waals surface area contributed by atoms with Crippen molar-refractivity contribution in [3.05, 3.63) is 66.8 Å². The van der Waals surface area contributed by atoms with Gasteiger partial charge in [-0.2, -0.15) is 0 Å². The summed E-state index contributed by atoms with van der Waals surface area (Å²) in [6.45, 7) is 6.66. The number of carbonyl (C=O) groups excluding carboxylic acids is 1. The van der Waals surface area contributed by atoms with E-state index in [1.54, 1.807) is 0 Å². The SMILES string of the molecule is C=CC(=O)/C(=C/C(=O)O)C(=O)O.C=Cc1ccccc1. The van der Waals surface area contributed by atoms with Gasteiger partial charge in [-0.3, -0.25) is 4.79 Å². The van der Waals surface area contributed by atoms with Gasteiger partial charge in [-0.05, 0) is 11.6 Å². The molecule has 5 heteroatoms. The molecule has 0 aliphatic rings. The quantitative estimate of drug-likeness (QED) is 0.487. The van der Waals surface area contributed by atoms with Crippen molar-refractivity contribution in [2.75, 3.05) is 0 Å². The minimum Gasteiger partial charge on any atom is -0.478 e. The van der Waals surface area contributed by atoms with Gasteiger partial charge in [0.05, 0.1) is 0 Å². The highest BCUT2D eigenvalue weighted by Crippen LogP contribution is 1.98. The van der Waals surface area contributed by atoms with Crippen LogP contribution >= 0.6 is 0 Å². The summed E-state index contributed by atoms with van der Waals surface area (Å²) in [6, 6.07) is 10.0. The number of hydrogen-bond donors (Lipinski definition) is 2. The molecule has 0 bridgehead atoms. The first kappa shape index (κ1) is 17.1. The van der Waals surface area contributed by atoms with E-state index in [2.05, 4.69) is 13.2 Å². The van der Waals surface area contributed by atoms with E-state index in [-0.39, 0.29) is 0 Å². The highest BCUT2D eigenvalue weighted by Gasteiger charge is 2.15. The average Bonchev–Trinajstić information content (AvgIpc) is 2.45. The lowest BCUT2D eigenvalue weighted by Crippen LogP contribution is -2.11. The predicted octanol–water partition coefficient (Wildman–Crippen LogP) is 2.17. The van der Waals surface area contributed by atoms with Crippen LogP contribution in [0, 0.1) is 0 Å². The van der Waals surface area contributed by atoms with Gasteiger partial charge in [-0.15, -0.1) is 0 Å². The molecule has 5 nitrogen and oxygen atoms in total. The molecule has 0 unspecified atom stereocenters. The van der Waals surface area contributed by atoms with E-state index in [0.717, 1.165) is 6.08 Å². The Balaban J connectivity index is 0.000000388. The zero-order valence-electron chi connectivity index (χ0n) is 10.7. The van der Waals surface area contributed by atoms with Crippen LogP contribution in [0.3, 0.4) is 0 Å². The maximum Gasteiger partial charge on any atom is 0.339 e. The largest absolute Gasteiger partial charge is 0.478 e. The molecule has 0 aromatic heterocycles. The summed E-state index contributed by atoms with van der Waals surface area (Å²) in [5.41, 5.74) is 0.366. The fourth-order valence-corrected chi connectivity index (χ4v) is 1.06. The number of benzene rings is 1. The van der Waals surface area contributed by atoms with E-state index in [9.17, 15) is 14.4 Å². The number of carboxylic acids is 2. The van der Waals surface area contributed by atoms with Crippen LogP contribution in [0.4, 0.5) is 0 Å². The molecule has 0 fully saturated rings. The van der Waals surface area contributed by atoms with Crippen molar-refractivity contribution in [2.45, 2.75) is 0 Å². The number of rotatable bonds is 5. The first-order chi connectivity index (χ1) is 9.42. The minimum atomic E-state index is -1.58. The van der Waals surface area contributed by atoms with Crippen LogP contribution in [0.15, 0.2) is 61.2 Å². The molecule has 20 heavy (non-hydrogen) atoms. The Morgan fingerprint density at radius 3 is 1.85 bits per heavy atom. The van der Waals surface area contributed by atoms with Crippen LogP contribution in [0.1, 0.15) is 5.56 Å². The average molecular weight is 274 g/mol. The second kappa shape index (κ2) is 9.04. The third-order valence-corrected chi connectivity index (χ3v) is 1.98. The lowest BCUT2D eigenvalue weighted by molar-refractivity contribution is -0.136. The van der Waals surface area contributed by atoms with Crippen molar-refractivity contribution in [1.29, 1.82) is 0 Å². The molecule has 1 aromatic rings. The van der Waals surface area contributed by atoms with Gasteiger partial charge in [0, 0.05) is 6.08 Å². The van der Waals surface area contributed by atoms with Gasteiger partial charge in [0.2, 0.25) is 0 Å². The van der Waals surface area contributed by atoms with Gasteiger partial charge in [0.15, 0.2) is 5.78 Å². The van der Waals surface area contributed by atoms with E-state index in [1.165, 1.54) is 5.56 Å². The van der Waals surface area contributed by atoms with Crippen LogP contribution in [-0.4, -0.2) is 27.9 Å². The lowest BCUT2D eigenvalue weighted by atomic mass is 10.1. The molecule has 0 heterocycles. The van der Waals surface area contributed by atoms with E-state index in [0.29, 0.717) is 6.08 Å². The maximum absolute atomic E-state index is 10.7. The summed E-state index contributed by atoms with van der Waals surface area (Å²) in [7, 11) is 0. The molecule has 0 radical (unpaired) electrons. The third kappa shape index (κ3) is 6.70. The van der Waals surface area contributed by atoms with Crippen molar-refractivity contribution in [1.82, 2.24) is 0 Å². The van der Waals surface area contributed by atoms with E-state index in [4.69, 9.17) is 10.2 Å². The Morgan fingerprint density at radius 1 is 1.00 bits per heavy atom. The molecule has 0 aliphatic heterocycles. The van der Waals surface area contributed by atoms with Crippen LogP contribution in [0.2, 0.25) is 0 Å². The second-order valence-electron chi connectivity index (χ2n) is 3.38.